The lowest BCUT2D eigenvalue weighted by atomic mass is 9.81. The van der Waals surface area contributed by atoms with Crippen molar-refractivity contribution in [3.63, 3.8) is 0 Å². The van der Waals surface area contributed by atoms with Crippen LogP contribution in [-0.4, -0.2) is 34.6 Å². The lowest BCUT2D eigenvalue weighted by Gasteiger charge is -2.28. The molecule has 4 nitrogen and oxygen atoms in total. The number of pyridine rings is 1. The lowest BCUT2D eigenvalue weighted by molar-refractivity contribution is 0.0252. The zero-order valence-corrected chi connectivity index (χ0v) is 15.1. The van der Waals surface area contributed by atoms with Crippen LogP contribution in [0.4, 0.5) is 0 Å². The van der Waals surface area contributed by atoms with Gasteiger partial charge in [-0.25, -0.2) is 4.98 Å². The van der Waals surface area contributed by atoms with Crippen LogP contribution in [0.15, 0.2) is 29.8 Å². The van der Waals surface area contributed by atoms with E-state index in [1.54, 1.807) is 11.3 Å². The predicted molar refractivity (Wildman–Crippen MR) is 95.8 cm³/mol. The second-order valence-electron chi connectivity index (χ2n) is 7.32. The quantitative estimate of drug-likeness (QED) is 0.802. The molecule has 1 aliphatic heterocycles. The van der Waals surface area contributed by atoms with Crippen molar-refractivity contribution in [1.29, 1.82) is 0 Å². The van der Waals surface area contributed by atoms with E-state index in [2.05, 4.69) is 27.2 Å². The molecule has 2 atom stereocenters. The van der Waals surface area contributed by atoms with Crippen LogP contribution in [0.2, 0.25) is 0 Å². The molecular weight excluding hydrogens is 318 g/mol. The molecule has 3 heterocycles. The molecule has 0 aromatic carbocycles. The summed E-state index contributed by atoms with van der Waals surface area (Å²) in [5.74, 6) is 0.780. The first kappa shape index (κ1) is 16.2. The number of fused-ring (bicyclic) bond motifs is 1. The first-order valence-corrected chi connectivity index (χ1v) is 9.72. The topological polar surface area (TPSA) is 38.2 Å². The number of hydrogen-bond acceptors (Lipinski definition) is 5. The molecule has 2 aliphatic rings. The maximum absolute atomic E-state index is 6.11. The fourth-order valence-electron chi connectivity index (χ4n) is 4.39. The van der Waals surface area contributed by atoms with E-state index in [4.69, 9.17) is 4.74 Å². The van der Waals surface area contributed by atoms with Crippen LogP contribution >= 0.6 is 11.3 Å². The Bertz CT molecular complexity index is 674. The molecule has 0 amide bonds. The molecule has 2 aromatic heterocycles. The minimum Gasteiger partial charge on any atom is -0.375 e. The van der Waals surface area contributed by atoms with E-state index < -0.39 is 0 Å². The largest absolute Gasteiger partial charge is 0.375 e. The molecule has 4 rings (SSSR count). The Hall–Kier alpha value is -1.30. The molecule has 0 spiro atoms. The highest BCUT2D eigenvalue weighted by Crippen LogP contribution is 2.49. The molecule has 0 bridgehead atoms. The molecule has 2 aromatic rings. The van der Waals surface area contributed by atoms with Crippen LogP contribution in [0.25, 0.3) is 0 Å². The van der Waals surface area contributed by atoms with Gasteiger partial charge in [-0.15, -0.1) is 11.3 Å². The third-order valence-electron chi connectivity index (χ3n) is 5.50. The lowest BCUT2D eigenvalue weighted by Crippen LogP contribution is -2.32. The molecular formula is C19H25N3OS. The van der Waals surface area contributed by atoms with E-state index in [0.717, 1.165) is 37.0 Å². The number of nitrogens with zero attached hydrogens (tertiary/aromatic N) is 3. The third-order valence-corrected chi connectivity index (χ3v) is 6.45. The molecule has 0 N–H and O–H groups in total. The van der Waals surface area contributed by atoms with Crippen LogP contribution in [0.5, 0.6) is 0 Å². The normalized spacial score (nSPS) is 26.8. The Labute approximate surface area is 147 Å². The Kier molecular flexibility index (Phi) is 4.66. The molecule has 128 valence electrons. The van der Waals surface area contributed by atoms with Crippen LogP contribution in [-0.2, 0) is 17.9 Å². The third kappa shape index (κ3) is 3.39. The van der Waals surface area contributed by atoms with E-state index in [-0.39, 0.29) is 0 Å². The Morgan fingerprint density at radius 3 is 3.17 bits per heavy atom. The number of likely N-dealkylation sites (tertiary alicyclic amines) is 1. The monoisotopic (exact) mass is 343 g/mol. The molecule has 5 heteroatoms. The number of hydrogen-bond donors (Lipinski definition) is 0. The van der Waals surface area contributed by atoms with Crippen molar-refractivity contribution in [2.75, 3.05) is 19.7 Å². The molecule has 0 radical (unpaired) electrons. The summed E-state index contributed by atoms with van der Waals surface area (Å²) in [5, 5.41) is 3.40. The summed E-state index contributed by atoms with van der Waals surface area (Å²) in [6.45, 7) is 6.91. The standard InChI is InChI=1S/C19H25N3OS/c1-15-12-24-18(21-15)10-22-9-16-5-4-7-19(16,13-22)14-23-11-17-6-2-3-8-20-17/h2-3,6,8,12,16H,4-5,7,9-11,13-14H2,1H3/t16-,19+/m1/s1. The zero-order valence-electron chi connectivity index (χ0n) is 14.3. The van der Waals surface area contributed by atoms with Crippen molar-refractivity contribution >= 4 is 11.3 Å². The van der Waals surface area contributed by atoms with Gasteiger partial charge in [0.25, 0.3) is 0 Å². The van der Waals surface area contributed by atoms with Gasteiger partial charge in [0, 0.05) is 35.8 Å². The minimum absolute atomic E-state index is 0.348. The predicted octanol–water partition coefficient (Wildman–Crippen LogP) is 3.67. The van der Waals surface area contributed by atoms with Gasteiger partial charge < -0.3 is 4.74 Å². The second kappa shape index (κ2) is 6.90. The van der Waals surface area contributed by atoms with Gasteiger partial charge >= 0.3 is 0 Å². The van der Waals surface area contributed by atoms with Gasteiger partial charge in [0.05, 0.1) is 25.5 Å². The van der Waals surface area contributed by atoms with Crippen LogP contribution < -0.4 is 0 Å². The van der Waals surface area contributed by atoms with Gasteiger partial charge in [-0.1, -0.05) is 12.5 Å². The van der Waals surface area contributed by atoms with Gasteiger partial charge in [-0.2, -0.15) is 0 Å². The first-order valence-electron chi connectivity index (χ1n) is 8.85. The van der Waals surface area contributed by atoms with E-state index in [0.29, 0.717) is 12.0 Å². The summed E-state index contributed by atoms with van der Waals surface area (Å²) >= 11 is 1.79. The smallest absolute Gasteiger partial charge is 0.107 e. The average molecular weight is 343 g/mol. The van der Waals surface area contributed by atoms with Gasteiger partial charge in [0.1, 0.15) is 5.01 Å². The maximum atomic E-state index is 6.11. The van der Waals surface area contributed by atoms with Gasteiger partial charge in [0.15, 0.2) is 0 Å². The Morgan fingerprint density at radius 2 is 2.38 bits per heavy atom. The Morgan fingerprint density at radius 1 is 1.42 bits per heavy atom. The van der Waals surface area contributed by atoms with Crippen LogP contribution in [0.3, 0.4) is 0 Å². The SMILES string of the molecule is Cc1csc(CN2C[C@H]3CCC[C@@]3(COCc3ccccn3)C2)n1. The average Bonchev–Trinajstić information content (AvgIpc) is 3.23. The van der Waals surface area contributed by atoms with E-state index in [9.17, 15) is 0 Å². The highest BCUT2D eigenvalue weighted by atomic mass is 32.1. The van der Waals surface area contributed by atoms with E-state index in [1.807, 2.05) is 24.4 Å². The van der Waals surface area contributed by atoms with Gasteiger partial charge in [-0.05, 0) is 37.8 Å². The number of thiazole rings is 1. The summed E-state index contributed by atoms with van der Waals surface area (Å²) in [7, 11) is 0. The number of aromatic nitrogens is 2. The van der Waals surface area contributed by atoms with Crippen molar-refractivity contribution in [1.82, 2.24) is 14.9 Å². The molecule has 1 aliphatic carbocycles. The van der Waals surface area contributed by atoms with Crippen LogP contribution in [0.1, 0.15) is 35.7 Å². The summed E-state index contributed by atoms with van der Waals surface area (Å²) in [6.07, 6.45) is 5.83. The van der Waals surface area contributed by atoms with Crippen LogP contribution in [0, 0.1) is 18.3 Å². The first-order chi connectivity index (χ1) is 11.7. The molecule has 2 fully saturated rings. The molecule has 1 saturated heterocycles. The fourth-order valence-corrected chi connectivity index (χ4v) is 5.20. The summed E-state index contributed by atoms with van der Waals surface area (Å²) in [6, 6.07) is 6.01. The summed E-state index contributed by atoms with van der Waals surface area (Å²) < 4.78 is 6.11. The van der Waals surface area contributed by atoms with Crippen molar-refractivity contribution in [3.8, 4) is 0 Å². The Balaban J connectivity index is 1.36. The maximum Gasteiger partial charge on any atom is 0.107 e. The summed E-state index contributed by atoms with van der Waals surface area (Å²) in [5.41, 5.74) is 2.51. The number of aryl methyl sites for hydroxylation is 1. The molecule has 1 saturated carbocycles. The van der Waals surface area contributed by atoms with Crippen molar-refractivity contribution < 1.29 is 4.74 Å². The second-order valence-corrected chi connectivity index (χ2v) is 8.26. The summed E-state index contributed by atoms with van der Waals surface area (Å²) in [4.78, 5) is 11.6. The van der Waals surface area contributed by atoms with E-state index >= 15 is 0 Å². The number of rotatable bonds is 6. The van der Waals surface area contributed by atoms with E-state index in [1.165, 1.54) is 30.8 Å². The molecule has 24 heavy (non-hydrogen) atoms. The van der Waals surface area contributed by atoms with Crippen molar-refractivity contribution in [2.45, 2.75) is 39.3 Å². The van der Waals surface area contributed by atoms with Gasteiger partial charge in [-0.3, -0.25) is 9.88 Å². The highest BCUT2D eigenvalue weighted by Gasteiger charge is 2.49. The number of ether oxygens (including phenoxy) is 1. The van der Waals surface area contributed by atoms with Gasteiger partial charge in [0.2, 0.25) is 0 Å². The highest BCUT2D eigenvalue weighted by molar-refractivity contribution is 7.09. The van der Waals surface area contributed by atoms with Crippen molar-refractivity contribution in [2.24, 2.45) is 11.3 Å². The molecule has 0 unspecified atom stereocenters. The van der Waals surface area contributed by atoms with Crippen molar-refractivity contribution in [3.05, 3.63) is 46.2 Å². The fraction of sp³-hybridized carbons (Fsp3) is 0.579. The minimum atomic E-state index is 0.348. The zero-order chi connectivity index (χ0) is 16.4.